The van der Waals surface area contributed by atoms with Crippen molar-refractivity contribution in [3.63, 3.8) is 0 Å². The van der Waals surface area contributed by atoms with Gasteiger partial charge in [-0.2, -0.15) is 0 Å². The molecule has 0 aromatic heterocycles. The van der Waals surface area contributed by atoms with Crippen molar-refractivity contribution in [1.82, 2.24) is 0 Å². The highest BCUT2D eigenvalue weighted by Gasteiger charge is 2.59. The fourth-order valence-corrected chi connectivity index (χ4v) is 4.67. The van der Waals surface area contributed by atoms with Gasteiger partial charge in [0.1, 0.15) is 0 Å². The van der Waals surface area contributed by atoms with Crippen molar-refractivity contribution >= 4 is 29.1 Å². The number of carbonyl (C=O) groups is 3. The van der Waals surface area contributed by atoms with Crippen molar-refractivity contribution in [3.8, 4) is 0 Å². The summed E-state index contributed by atoms with van der Waals surface area (Å²) in [6, 6.07) is 15.8. The Kier molecular flexibility index (Phi) is 3.50. The third-order valence-corrected chi connectivity index (χ3v) is 5.87. The maximum atomic E-state index is 12.9. The maximum Gasteiger partial charge on any atom is 0.255 e. The van der Waals surface area contributed by atoms with Crippen LogP contribution in [0.25, 0.3) is 0 Å². The number of imide groups is 1. The number of allylic oxidation sites excluding steroid dienone is 2. The lowest BCUT2D eigenvalue weighted by molar-refractivity contribution is -0.123. The monoisotopic (exact) mass is 358 g/mol. The molecule has 2 bridgehead atoms. The highest BCUT2D eigenvalue weighted by molar-refractivity contribution is 6.23. The van der Waals surface area contributed by atoms with E-state index in [0.717, 1.165) is 6.42 Å². The number of carbonyl (C=O) groups excluding carboxylic acids is 3. The number of benzene rings is 2. The number of anilines is 2. The fraction of sp³-hybridized carbons (Fsp3) is 0.227. The lowest BCUT2D eigenvalue weighted by Crippen LogP contribution is -2.32. The van der Waals surface area contributed by atoms with Crippen LogP contribution in [-0.4, -0.2) is 17.7 Å². The molecule has 3 aliphatic rings. The minimum absolute atomic E-state index is 0.117. The van der Waals surface area contributed by atoms with Gasteiger partial charge in [-0.1, -0.05) is 36.4 Å². The summed E-state index contributed by atoms with van der Waals surface area (Å²) in [4.78, 5) is 39.5. The van der Waals surface area contributed by atoms with E-state index < -0.39 is 0 Å². The molecule has 1 saturated carbocycles. The van der Waals surface area contributed by atoms with Crippen LogP contribution >= 0.6 is 0 Å². The Morgan fingerprint density at radius 1 is 0.889 bits per heavy atom. The molecule has 134 valence electrons. The summed E-state index contributed by atoms with van der Waals surface area (Å²) in [7, 11) is 0. The topological polar surface area (TPSA) is 66.5 Å². The second-order valence-corrected chi connectivity index (χ2v) is 7.38. The molecule has 2 aromatic carbocycles. The van der Waals surface area contributed by atoms with E-state index in [0.29, 0.717) is 16.9 Å². The van der Waals surface area contributed by atoms with Gasteiger partial charge >= 0.3 is 0 Å². The van der Waals surface area contributed by atoms with Gasteiger partial charge < -0.3 is 5.32 Å². The molecule has 1 N–H and O–H groups in total. The fourth-order valence-electron chi connectivity index (χ4n) is 4.67. The summed E-state index contributed by atoms with van der Waals surface area (Å²) in [5.41, 5.74) is 1.62. The second kappa shape index (κ2) is 5.91. The summed E-state index contributed by atoms with van der Waals surface area (Å²) < 4.78 is 0. The first-order valence-electron chi connectivity index (χ1n) is 9.16. The molecule has 0 spiro atoms. The molecule has 5 rings (SSSR count). The van der Waals surface area contributed by atoms with Crippen molar-refractivity contribution < 1.29 is 14.4 Å². The minimum Gasteiger partial charge on any atom is -0.322 e. The average molecular weight is 358 g/mol. The first-order chi connectivity index (χ1) is 13.1. The molecule has 1 aliphatic heterocycles. The van der Waals surface area contributed by atoms with E-state index in [9.17, 15) is 14.4 Å². The molecule has 2 fully saturated rings. The van der Waals surface area contributed by atoms with Crippen molar-refractivity contribution in [2.75, 3.05) is 10.2 Å². The van der Waals surface area contributed by atoms with Crippen LogP contribution in [0.15, 0.2) is 66.7 Å². The van der Waals surface area contributed by atoms with Crippen LogP contribution in [-0.2, 0) is 9.59 Å². The van der Waals surface area contributed by atoms with Gasteiger partial charge in [-0.25, -0.2) is 4.90 Å². The number of fused-ring (bicyclic) bond motifs is 5. The van der Waals surface area contributed by atoms with Crippen LogP contribution < -0.4 is 10.2 Å². The van der Waals surface area contributed by atoms with Gasteiger partial charge in [0.2, 0.25) is 11.8 Å². The lowest BCUT2D eigenvalue weighted by Gasteiger charge is -2.18. The number of rotatable bonds is 3. The predicted octanol–water partition coefficient (Wildman–Crippen LogP) is 3.25. The Labute approximate surface area is 156 Å². The van der Waals surface area contributed by atoms with Crippen molar-refractivity contribution in [2.45, 2.75) is 6.42 Å². The third-order valence-electron chi connectivity index (χ3n) is 5.87. The van der Waals surface area contributed by atoms with E-state index >= 15 is 0 Å². The molecule has 4 atom stereocenters. The van der Waals surface area contributed by atoms with Crippen LogP contribution in [0, 0.1) is 23.7 Å². The number of amides is 3. The van der Waals surface area contributed by atoms with Gasteiger partial charge in [-0.3, -0.25) is 14.4 Å². The molecule has 1 saturated heterocycles. The van der Waals surface area contributed by atoms with Crippen molar-refractivity contribution in [1.29, 1.82) is 0 Å². The number of hydrogen-bond donors (Lipinski definition) is 1. The molecule has 2 aliphatic carbocycles. The van der Waals surface area contributed by atoms with Gasteiger partial charge in [0, 0.05) is 11.3 Å². The van der Waals surface area contributed by atoms with E-state index in [-0.39, 0.29) is 41.4 Å². The largest absolute Gasteiger partial charge is 0.322 e. The first kappa shape index (κ1) is 16.0. The highest BCUT2D eigenvalue weighted by atomic mass is 16.2. The normalized spacial score (nSPS) is 27.9. The summed E-state index contributed by atoms with van der Waals surface area (Å²) in [5, 5.41) is 2.83. The summed E-state index contributed by atoms with van der Waals surface area (Å²) in [5.74, 6) is -0.553. The highest BCUT2D eigenvalue weighted by Crippen LogP contribution is 2.53. The number of nitrogens with one attached hydrogen (secondary N) is 1. The molecule has 0 radical (unpaired) electrons. The van der Waals surface area contributed by atoms with E-state index in [1.807, 2.05) is 6.07 Å². The zero-order valence-corrected chi connectivity index (χ0v) is 14.5. The third kappa shape index (κ3) is 2.42. The predicted molar refractivity (Wildman–Crippen MR) is 101 cm³/mol. The molecule has 0 unspecified atom stereocenters. The molecule has 27 heavy (non-hydrogen) atoms. The Morgan fingerprint density at radius 2 is 1.56 bits per heavy atom. The van der Waals surface area contributed by atoms with E-state index in [1.54, 1.807) is 48.5 Å². The minimum atomic E-state index is -0.231. The first-order valence-corrected chi connectivity index (χ1v) is 9.16. The number of nitrogens with zero attached hydrogens (tertiary/aromatic N) is 1. The SMILES string of the molecule is O=C(Nc1cccc(N2C(=O)[C@@H]3[C@H](C2=O)[C@@H]2C=C[C@@H]3C2)c1)c1ccccc1. The molecule has 3 amide bonds. The van der Waals surface area contributed by atoms with Crippen LogP contribution in [0.2, 0.25) is 0 Å². The zero-order chi connectivity index (χ0) is 18.5. The Bertz CT molecular complexity index is 952. The smallest absolute Gasteiger partial charge is 0.255 e. The molecule has 1 heterocycles. The van der Waals surface area contributed by atoms with Crippen LogP contribution in [0.4, 0.5) is 11.4 Å². The van der Waals surface area contributed by atoms with Crippen molar-refractivity contribution in [3.05, 3.63) is 72.3 Å². The summed E-state index contributed by atoms with van der Waals surface area (Å²) >= 11 is 0. The molecule has 5 nitrogen and oxygen atoms in total. The number of hydrogen-bond acceptors (Lipinski definition) is 3. The standard InChI is InChI=1S/C22H18N2O3/c25-20(13-5-2-1-3-6-13)23-16-7-4-8-17(12-16)24-21(26)18-14-9-10-15(11-14)19(18)22(24)27/h1-10,12,14-15,18-19H,11H2,(H,23,25)/t14-,15-,18-,19+/m1/s1. The van der Waals surface area contributed by atoms with Crippen LogP contribution in [0.3, 0.4) is 0 Å². The molecule has 5 heteroatoms. The molecule has 2 aromatic rings. The van der Waals surface area contributed by atoms with Gasteiger partial charge in [0.05, 0.1) is 17.5 Å². The Hall–Kier alpha value is -3.21. The lowest BCUT2D eigenvalue weighted by atomic mass is 9.85. The van der Waals surface area contributed by atoms with Gasteiger partial charge in [-0.05, 0) is 48.6 Å². The van der Waals surface area contributed by atoms with E-state index in [1.165, 1.54) is 4.90 Å². The quantitative estimate of drug-likeness (QED) is 0.677. The van der Waals surface area contributed by atoms with Gasteiger partial charge in [-0.15, -0.1) is 0 Å². The zero-order valence-electron chi connectivity index (χ0n) is 14.5. The Balaban J connectivity index is 1.41. The summed E-state index contributed by atoms with van der Waals surface area (Å²) in [6.07, 6.45) is 5.07. The van der Waals surface area contributed by atoms with E-state index in [4.69, 9.17) is 0 Å². The second-order valence-electron chi connectivity index (χ2n) is 7.38. The van der Waals surface area contributed by atoms with E-state index in [2.05, 4.69) is 17.5 Å². The average Bonchev–Trinajstić information content (AvgIpc) is 3.36. The van der Waals surface area contributed by atoms with Crippen LogP contribution in [0.5, 0.6) is 0 Å². The molecular weight excluding hydrogens is 340 g/mol. The molecular formula is C22H18N2O3. The maximum absolute atomic E-state index is 12.9. The van der Waals surface area contributed by atoms with Crippen LogP contribution in [0.1, 0.15) is 16.8 Å². The van der Waals surface area contributed by atoms with Gasteiger partial charge in [0.25, 0.3) is 5.91 Å². The van der Waals surface area contributed by atoms with Gasteiger partial charge in [0.15, 0.2) is 0 Å². The Morgan fingerprint density at radius 3 is 2.22 bits per heavy atom. The summed E-state index contributed by atoms with van der Waals surface area (Å²) in [6.45, 7) is 0. The van der Waals surface area contributed by atoms with Crippen molar-refractivity contribution in [2.24, 2.45) is 23.7 Å².